The molecule has 178 valence electrons. The Balaban J connectivity index is 1.88. The highest BCUT2D eigenvalue weighted by molar-refractivity contribution is 6.30. The lowest BCUT2D eigenvalue weighted by atomic mass is 10.0. The van der Waals surface area contributed by atoms with Crippen LogP contribution in [0.4, 0.5) is 26.2 Å². The van der Waals surface area contributed by atoms with Gasteiger partial charge in [0.25, 0.3) is 0 Å². The zero-order chi connectivity index (χ0) is 23.8. The number of hydrogen-bond donors (Lipinski definition) is 3. The summed E-state index contributed by atoms with van der Waals surface area (Å²) in [6, 6.07) is 9.28. The summed E-state index contributed by atoms with van der Waals surface area (Å²) >= 11 is 5.79. The summed E-state index contributed by atoms with van der Waals surface area (Å²) in [5, 5.41) is 14.6. The van der Waals surface area contributed by atoms with Gasteiger partial charge < -0.3 is 25.4 Å². The second-order valence-corrected chi connectivity index (χ2v) is 8.42. The molecule has 33 heavy (non-hydrogen) atoms. The van der Waals surface area contributed by atoms with Gasteiger partial charge in [-0.2, -0.15) is 0 Å². The van der Waals surface area contributed by atoms with Crippen molar-refractivity contribution < 1.29 is 23.8 Å². The first kappa shape index (κ1) is 24.8. The molecule has 1 aliphatic rings. The van der Waals surface area contributed by atoms with Gasteiger partial charge in [-0.1, -0.05) is 24.6 Å². The molecule has 0 unspecified atom stereocenters. The average molecular weight is 478 g/mol. The molecule has 7 nitrogen and oxygen atoms in total. The van der Waals surface area contributed by atoms with E-state index in [9.17, 15) is 14.0 Å². The van der Waals surface area contributed by atoms with Crippen LogP contribution in [0.1, 0.15) is 38.2 Å². The topological polar surface area (TPSA) is 90.9 Å². The lowest BCUT2D eigenvalue weighted by Gasteiger charge is -2.37. The Morgan fingerprint density at radius 1 is 1.15 bits per heavy atom. The quantitative estimate of drug-likeness (QED) is 0.441. The van der Waals surface area contributed by atoms with Crippen molar-refractivity contribution in [3.8, 4) is 0 Å². The van der Waals surface area contributed by atoms with Gasteiger partial charge in [-0.15, -0.1) is 0 Å². The second-order valence-electron chi connectivity index (χ2n) is 7.99. The van der Waals surface area contributed by atoms with E-state index in [2.05, 4.69) is 22.5 Å². The maximum atomic E-state index is 14.1. The number of amides is 2. The molecule has 0 radical (unpaired) electrons. The zero-order valence-corrected chi connectivity index (χ0v) is 19.3. The van der Waals surface area contributed by atoms with Crippen LogP contribution < -0.4 is 15.5 Å². The molecule has 0 spiro atoms. The largest absolute Gasteiger partial charge is 0.481 e. The number of nitrogens with one attached hydrogen (secondary N) is 2. The van der Waals surface area contributed by atoms with E-state index >= 15 is 0 Å². The van der Waals surface area contributed by atoms with Crippen LogP contribution in [0.15, 0.2) is 36.4 Å². The molecule has 0 aromatic heterocycles. The van der Waals surface area contributed by atoms with Gasteiger partial charge in [0.1, 0.15) is 5.82 Å². The third-order valence-electron chi connectivity index (χ3n) is 5.52. The Bertz CT molecular complexity index is 982. The summed E-state index contributed by atoms with van der Waals surface area (Å²) in [6.45, 7) is 4.25. The van der Waals surface area contributed by atoms with Crippen LogP contribution in [0.3, 0.4) is 0 Å². The fourth-order valence-corrected chi connectivity index (χ4v) is 4.10. The Kier molecular flexibility index (Phi) is 8.91. The molecule has 1 saturated heterocycles. The van der Waals surface area contributed by atoms with Gasteiger partial charge in [0.05, 0.1) is 17.1 Å². The van der Waals surface area contributed by atoms with Crippen LogP contribution in [0, 0.1) is 5.82 Å². The molecule has 0 saturated carbocycles. The molecule has 2 aromatic rings. The summed E-state index contributed by atoms with van der Waals surface area (Å²) in [5.74, 6) is -1.53. The molecular weight excluding hydrogens is 449 g/mol. The van der Waals surface area contributed by atoms with Crippen LogP contribution in [-0.4, -0.2) is 42.9 Å². The molecule has 3 N–H and O–H groups in total. The normalized spacial score (nSPS) is 14.0. The number of carbonyl (C=O) groups is 2. The van der Waals surface area contributed by atoms with E-state index in [0.29, 0.717) is 25.3 Å². The highest BCUT2D eigenvalue weighted by atomic mass is 35.5. The summed E-state index contributed by atoms with van der Waals surface area (Å²) in [7, 11) is 0. The third kappa shape index (κ3) is 7.07. The summed E-state index contributed by atoms with van der Waals surface area (Å²) < 4.78 is 19.6. The summed E-state index contributed by atoms with van der Waals surface area (Å²) in [5.41, 5.74) is 2.19. The predicted octanol–water partition coefficient (Wildman–Crippen LogP) is 5.54. The van der Waals surface area contributed by atoms with Crippen LogP contribution in [-0.2, 0) is 16.0 Å². The first-order valence-corrected chi connectivity index (χ1v) is 11.5. The van der Waals surface area contributed by atoms with Gasteiger partial charge in [0, 0.05) is 37.2 Å². The van der Waals surface area contributed by atoms with Crippen LogP contribution in [0.5, 0.6) is 0 Å². The van der Waals surface area contributed by atoms with E-state index < -0.39 is 17.8 Å². The number of halogens is 2. The lowest BCUT2D eigenvalue weighted by Crippen LogP contribution is -2.40. The van der Waals surface area contributed by atoms with E-state index in [1.165, 1.54) is 12.1 Å². The zero-order valence-electron chi connectivity index (χ0n) is 18.6. The molecule has 9 heteroatoms. The van der Waals surface area contributed by atoms with E-state index in [1.54, 1.807) is 6.07 Å². The average Bonchev–Trinajstić information content (AvgIpc) is 2.79. The molecule has 2 amide bonds. The number of nitrogens with zero attached hydrogens (tertiary/aromatic N) is 1. The van der Waals surface area contributed by atoms with Gasteiger partial charge in [-0.3, -0.25) is 4.79 Å². The van der Waals surface area contributed by atoms with Crippen molar-refractivity contribution in [3.63, 3.8) is 0 Å². The number of carbonyl (C=O) groups excluding carboxylic acids is 1. The van der Waals surface area contributed by atoms with Crippen molar-refractivity contribution >= 4 is 40.7 Å². The molecule has 1 heterocycles. The molecule has 0 bridgehead atoms. The van der Waals surface area contributed by atoms with Gasteiger partial charge in [-0.05, 0) is 61.6 Å². The van der Waals surface area contributed by atoms with Gasteiger partial charge in [-0.25, -0.2) is 9.18 Å². The smallest absolute Gasteiger partial charge is 0.323 e. The van der Waals surface area contributed by atoms with E-state index in [0.717, 1.165) is 43.1 Å². The monoisotopic (exact) mass is 477 g/mol. The number of urea groups is 1. The molecule has 2 aromatic carbocycles. The fourth-order valence-electron chi connectivity index (χ4n) is 3.94. The van der Waals surface area contributed by atoms with Crippen molar-refractivity contribution in [3.05, 3.63) is 52.8 Å². The summed E-state index contributed by atoms with van der Waals surface area (Å²) in [4.78, 5) is 26.0. The third-order valence-corrected chi connectivity index (χ3v) is 5.76. The SMILES string of the molecule is CCCN(c1ccc(CCC(=O)O)cc1NC(=O)Nc1ccc(Cl)cc1F)C1CCOCC1. The molecule has 0 aliphatic carbocycles. The molecule has 3 rings (SSSR count). The second kappa shape index (κ2) is 11.9. The van der Waals surface area contributed by atoms with Crippen LogP contribution >= 0.6 is 11.6 Å². The first-order chi connectivity index (χ1) is 15.9. The van der Waals surface area contributed by atoms with E-state index in [-0.39, 0.29) is 23.2 Å². The first-order valence-electron chi connectivity index (χ1n) is 11.1. The molecule has 1 fully saturated rings. The van der Waals surface area contributed by atoms with E-state index in [1.807, 2.05) is 12.1 Å². The van der Waals surface area contributed by atoms with Crippen LogP contribution in [0.2, 0.25) is 5.02 Å². The fraction of sp³-hybridized carbons (Fsp3) is 0.417. The van der Waals surface area contributed by atoms with Gasteiger partial charge >= 0.3 is 12.0 Å². The minimum atomic E-state index is -0.889. The lowest BCUT2D eigenvalue weighted by molar-refractivity contribution is -0.136. The highest BCUT2D eigenvalue weighted by Crippen LogP contribution is 2.32. The van der Waals surface area contributed by atoms with Crippen molar-refractivity contribution in [1.82, 2.24) is 0 Å². The van der Waals surface area contributed by atoms with Crippen molar-refractivity contribution in [1.29, 1.82) is 0 Å². The molecule has 0 atom stereocenters. The van der Waals surface area contributed by atoms with Crippen LogP contribution in [0.25, 0.3) is 0 Å². The number of benzene rings is 2. The Hall–Kier alpha value is -2.84. The molecular formula is C24H29ClFN3O4. The minimum absolute atomic E-state index is 0.00956. The Morgan fingerprint density at radius 3 is 2.55 bits per heavy atom. The maximum absolute atomic E-state index is 14.1. The Labute approximate surface area is 197 Å². The standard InChI is InChI=1S/C24H29ClFN3O4/c1-2-11-29(18-9-12-33-13-10-18)22-7-3-16(4-8-23(30)31)14-21(22)28-24(32)27-20-6-5-17(25)15-19(20)26/h3,5-7,14-15,18H,2,4,8-13H2,1H3,(H,30,31)(H2,27,28,32). The Morgan fingerprint density at radius 2 is 1.88 bits per heavy atom. The minimum Gasteiger partial charge on any atom is -0.481 e. The van der Waals surface area contributed by atoms with Gasteiger partial charge in [0.15, 0.2) is 0 Å². The maximum Gasteiger partial charge on any atom is 0.323 e. The number of anilines is 3. The number of rotatable bonds is 9. The number of hydrogen-bond acceptors (Lipinski definition) is 4. The number of ether oxygens (including phenoxy) is 1. The van der Waals surface area contributed by atoms with E-state index in [4.69, 9.17) is 21.4 Å². The molecule has 1 aliphatic heterocycles. The van der Waals surface area contributed by atoms with Crippen molar-refractivity contribution in [2.45, 2.75) is 45.1 Å². The van der Waals surface area contributed by atoms with Crippen molar-refractivity contribution in [2.24, 2.45) is 0 Å². The van der Waals surface area contributed by atoms with Crippen molar-refractivity contribution in [2.75, 3.05) is 35.3 Å². The number of carboxylic acids is 1. The number of carboxylic acid groups (broad SMARTS) is 1. The number of aliphatic carboxylic acids is 1. The summed E-state index contributed by atoms with van der Waals surface area (Å²) in [6.07, 6.45) is 2.99. The highest BCUT2D eigenvalue weighted by Gasteiger charge is 2.24. The number of aryl methyl sites for hydroxylation is 1. The van der Waals surface area contributed by atoms with Gasteiger partial charge in [0.2, 0.25) is 0 Å². The predicted molar refractivity (Wildman–Crippen MR) is 128 cm³/mol.